The fourth-order valence-electron chi connectivity index (χ4n) is 3.25. The highest BCUT2D eigenvalue weighted by atomic mass is 16.5. The lowest BCUT2D eigenvalue weighted by molar-refractivity contribution is 0.126. The number of para-hydroxylation sites is 1. The lowest BCUT2D eigenvalue weighted by Gasteiger charge is -2.18. The monoisotopic (exact) mass is 401 g/mol. The van der Waals surface area contributed by atoms with Crippen LogP contribution in [0.5, 0.6) is 5.75 Å². The van der Waals surface area contributed by atoms with Gasteiger partial charge in [0.25, 0.3) is 0 Å². The van der Waals surface area contributed by atoms with Gasteiger partial charge in [-0.15, -0.1) is 0 Å². The summed E-state index contributed by atoms with van der Waals surface area (Å²) in [5.41, 5.74) is 4.64. The van der Waals surface area contributed by atoms with Crippen molar-refractivity contribution in [2.24, 2.45) is 12.0 Å². The molecule has 0 radical (unpaired) electrons. The van der Waals surface area contributed by atoms with Crippen LogP contribution in [0.4, 0.5) is 0 Å². The molecule has 0 bridgehead atoms. The summed E-state index contributed by atoms with van der Waals surface area (Å²) >= 11 is 0. The van der Waals surface area contributed by atoms with Crippen molar-refractivity contribution in [2.75, 3.05) is 26.8 Å². The molecule has 0 saturated heterocycles. The molecule has 7 heteroatoms. The van der Waals surface area contributed by atoms with Crippen LogP contribution in [0.3, 0.4) is 0 Å². The van der Waals surface area contributed by atoms with E-state index in [2.05, 4.69) is 48.4 Å². The first-order chi connectivity index (χ1) is 14.0. The number of aryl methyl sites for hydroxylation is 2. The van der Waals surface area contributed by atoms with Gasteiger partial charge in [0.1, 0.15) is 5.75 Å². The molecule has 29 heavy (non-hydrogen) atoms. The van der Waals surface area contributed by atoms with E-state index < -0.39 is 0 Å². The molecule has 0 aliphatic carbocycles. The van der Waals surface area contributed by atoms with Gasteiger partial charge in [0.05, 0.1) is 32.6 Å². The fourth-order valence-corrected chi connectivity index (χ4v) is 3.25. The molecule has 2 aromatic rings. The Bertz CT molecular complexity index is 800. The lowest BCUT2D eigenvalue weighted by atomic mass is 10.1. The Morgan fingerprint density at radius 3 is 2.69 bits per heavy atom. The smallest absolute Gasteiger partial charge is 0.191 e. The maximum atomic E-state index is 5.77. The van der Waals surface area contributed by atoms with Crippen molar-refractivity contribution >= 4 is 5.96 Å². The third-order valence-corrected chi connectivity index (χ3v) is 4.85. The molecule has 1 aromatic carbocycles. The molecule has 0 spiro atoms. The zero-order valence-electron chi connectivity index (χ0n) is 18.6. The first-order valence-corrected chi connectivity index (χ1v) is 10.2. The van der Waals surface area contributed by atoms with Gasteiger partial charge in [-0.3, -0.25) is 9.67 Å². The predicted octanol–water partition coefficient (Wildman–Crippen LogP) is 2.75. The molecule has 1 atom stereocenters. The van der Waals surface area contributed by atoms with E-state index in [1.54, 1.807) is 7.11 Å². The van der Waals surface area contributed by atoms with Crippen molar-refractivity contribution in [3.8, 4) is 5.75 Å². The average Bonchev–Trinajstić information content (AvgIpc) is 2.94. The number of nitrogens with one attached hydrogen (secondary N) is 2. The zero-order chi connectivity index (χ0) is 21.2. The van der Waals surface area contributed by atoms with E-state index in [0.717, 1.165) is 35.9 Å². The Morgan fingerprint density at radius 1 is 1.28 bits per heavy atom. The van der Waals surface area contributed by atoms with E-state index in [-0.39, 0.29) is 6.04 Å². The SMILES string of the molecule is CCNC(=NCCOCc1ccccc1OC)NC(C)Cc1c(C)nn(C)c1C. The summed E-state index contributed by atoms with van der Waals surface area (Å²) in [6.07, 6.45) is 0.903. The lowest BCUT2D eigenvalue weighted by Crippen LogP contribution is -2.43. The molecule has 1 unspecified atom stereocenters. The number of hydrogen-bond acceptors (Lipinski definition) is 4. The summed E-state index contributed by atoms with van der Waals surface area (Å²) in [6, 6.07) is 8.13. The van der Waals surface area contributed by atoms with Crippen LogP contribution in [0.25, 0.3) is 0 Å². The van der Waals surface area contributed by atoms with Crippen molar-refractivity contribution in [1.29, 1.82) is 0 Å². The van der Waals surface area contributed by atoms with E-state index in [0.29, 0.717) is 19.8 Å². The van der Waals surface area contributed by atoms with Crippen molar-refractivity contribution in [2.45, 2.75) is 46.8 Å². The Kier molecular flexibility index (Phi) is 8.99. The Labute approximate surface area is 174 Å². The summed E-state index contributed by atoms with van der Waals surface area (Å²) in [5.74, 6) is 1.65. The zero-order valence-corrected chi connectivity index (χ0v) is 18.6. The number of aromatic nitrogens is 2. The predicted molar refractivity (Wildman–Crippen MR) is 118 cm³/mol. The molecular weight excluding hydrogens is 366 g/mol. The van der Waals surface area contributed by atoms with Crippen LogP contribution in [0.2, 0.25) is 0 Å². The summed E-state index contributed by atoms with van der Waals surface area (Å²) < 4.78 is 13.1. The van der Waals surface area contributed by atoms with Gasteiger partial charge in [-0.1, -0.05) is 18.2 Å². The Hall–Kier alpha value is -2.54. The number of guanidine groups is 1. The second kappa shape index (κ2) is 11.5. The van der Waals surface area contributed by atoms with E-state index in [1.807, 2.05) is 36.0 Å². The summed E-state index contributed by atoms with van der Waals surface area (Å²) in [6.45, 7) is 10.9. The highest BCUT2D eigenvalue weighted by Crippen LogP contribution is 2.18. The van der Waals surface area contributed by atoms with Crippen molar-refractivity contribution in [3.63, 3.8) is 0 Å². The van der Waals surface area contributed by atoms with Gasteiger partial charge in [0.15, 0.2) is 5.96 Å². The molecule has 2 rings (SSSR count). The van der Waals surface area contributed by atoms with Gasteiger partial charge >= 0.3 is 0 Å². The normalized spacial score (nSPS) is 12.7. The van der Waals surface area contributed by atoms with Crippen molar-refractivity contribution < 1.29 is 9.47 Å². The molecule has 1 heterocycles. The molecule has 0 fully saturated rings. The van der Waals surface area contributed by atoms with Crippen LogP contribution in [0, 0.1) is 13.8 Å². The second-order valence-electron chi connectivity index (χ2n) is 7.15. The molecule has 7 nitrogen and oxygen atoms in total. The van der Waals surface area contributed by atoms with E-state index in [4.69, 9.17) is 9.47 Å². The van der Waals surface area contributed by atoms with Crippen LogP contribution in [0.1, 0.15) is 36.4 Å². The summed E-state index contributed by atoms with van der Waals surface area (Å²) in [5, 5.41) is 11.3. The highest BCUT2D eigenvalue weighted by Gasteiger charge is 2.14. The van der Waals surface area contributed by atoms with Crippen molar-refractivity contribution in [3.05, 3.63) is 46.8 Å². The first-order valence-electron chi connectivity index (χ1n) is 10.2. The highest BCUT2D eigenvalue weighted by molar-refractivity contribution is 5.80. The number of rotatable bonds is 10. The van der Waals surface area contributed by atoms with Crippen molar-refractivity contribution in [1.82, 2.24) is 20.4 Å². The largest absolute Gasteiger partial charge is 0.496 e. The maximum absolute atomic E-state index is 5.77. The van der Waals surface area contributed by atoms with E-state index in [1.165, 1.54) is 11.3 Å². The van der Waals surface area contributed by atoms with Crippen LogP contribution in [-0.4, -0.2) is 48.6 Å². The number of nitrogens with zero attached hydrogens (tertiary/aromatic N) is 3. The fraction of sp³-hybridized carbons (Fsp3) is 0.545. The molecule has 2 N–H and O–H groups in total. The van der Waals surface area contributed by atoms with Crippen LogP contribution in [-0.2, 0) is 24.8 Å². The molecule has 160 valence electrons. The first kappa shape index (κ1) is 22.7. The van der Waals surface area contributed by atoms with Gasteiger partial charge in [-0.25, -0.2) is 0 Å². The summed E-state index contributed by atoms with van der Waals surface area (Å²) in [4.78, 5) is 4.64. The molecule has 0 saturated carbocycles. The third kappa shape index (κ3) is 6.78. The van der Waals surface area contributed by atoms with Gasteiger partial charge in [0.2, 0.25) is 0 Å². The molecule has 1 aromatic heterocycles. The number of ether oxygens (including phenoxy) is 2. The van der Waals surface area contributed by atoms with Gasteiger partial charge in [0, 0.05) is 30.9 Å². The molecule has 0 amide bonds. The number of hydrogen-bond donors (Lipinski definition) is 2. The summed E-state index contributed by atoms with van der Waals surface area (Å²) in [7, 11) is 3.66. The van der Waals surface area contributed by atoms with E-state index >= 15 is 0 Å². The van der Waals surface area contributed by atoms with E-state index in [9.17, 15) is 0 Å². The Balaban J connectivity index is 1.84. The standard InChI is InChI=1S/C22H35N5O2/c1-7-23-22(25-16(2)14-20-17(3)26-27(5)18(20)4)24-12-13-29-15-19-10-8-9-11-21(19)28-6/h8-11,16H,7,12-15H2,1-6H3,(H2,23,24,25). The maximum Gasteiger partial charge on any atom is 0.191 e. The van der Waals surface area contributed by atoms with Gasteiger partial charge < -0.3 is 20.1 Å². The molecule has 0 aliphatic rings. The average molecular weight is 402 g/mol. The topological polar surface area (TPSA) is 72.7 Å². The second-order valence-corrected chi connectivity index (χ2v) is 7.15. The number of aliphatic imine (C=N–C) groups is 1. The minimum atomic E-state index is 0.240. The minimum Gasteiger partial charge on any atom is -0.496 e. The quantitative estimate of drug-likeness (QED) is 0.364. The van der Waals surface area contributed by atoms with Crippen LogP contribution in [0.15, 0.2) is 29.3 Å². The van der Waals surface area contributed by atoms with Gasteiger partial charge in [-0.05, 0) is 45.7 Å². The van der Waals surface area contributed by atoms with Crippen LogP contribution >= 0.6 is 0 Å². The molecular formula is C22H35N5O2. The molecule has 0 aliphatic heterocycles. The van der Waals surface area contributed by atoms with Gasteiger partial charge in [-0.2, -0.15) is 5.10 Å². The van der Waals surface area contributed by atoms with Crippen LogP contribution < -0.4 is 15.4 Å². The number of benzene rings is 1. The number of methoxy groups -OCH3 is 1. The Morgan fingerprint density at radius 2 is 2.03 bits per heavy atom. The third-order valence-electron chi connectivity index (χ3n) is 4.85. The minimum absolute atomic E-state index is 0.240.